The molecule has 1 aliphatic rings. The summed E-state index contributed by atoms with van der Waals surface area (Å²) < 4.78 is 0. The molecule has 1 saturated carbocycles. The van der Waals surface area contributed by atoms with E-state index in [9.17, 15) is 9.59 Å². The minimum Gasteiger partial charge on any atom is -0.481 e. The lowest BCUT2D eigenvalue weighted by Crippen LogP contribution is -2.38. The summed E-state index contributed by atoms with van der Waals surface area (Å²) in [5.41, 5.74) is 0. The normalized spacial score (nSPS) is 18.6. The fourth-order valence-electron chi connectivity index (χ4n) is 2.48. The molecular formula is C13H23NO3. The van der Waals surface area contributed by atoms with Gasteiger partial charge in [0.15, 0.2) is 0 Å². The number of aliphatic carboxylic acids is 1. The van der Waals surface area contributed by atoms with E-state index in [0.29, 0.717) is 18.8 Å². The highest BCUT2D eigenvalue weighted by Gasteiger charge is 2.21. The molecule has 0 radical (unpaired) electrons. The van der Waals surface area contributed by atoms with Crippen LogP contribution in [-0.2, 0) is 9.59 Å². The molecule has 1 atom stereocenters. The van der Waals surface area contributed by atoms with Gasteiger partial charge in [-0.1, -0.05) is 19.3 Å². The van der Waals surface area contributed by atoms with Crippen LogP contribution in [0, 0.1) is 5.92 Å². The fraction of sp³-hybridized carbons (Fsp3) is 0.846. The average molecular weight is 241 g/mol. The summed E-state index contributed by atoms with van der Waals surface area (Å²) in [5.74, 6) is -0.241. The molecule has 98 valence electrons. The predicted molar refractivity (Wildman–Crippen MR) is 65.7 cm³/mol. The summed E-state index contributed by atoms with van der Waals surface area (Å²) in [6.45, 7) is 2.06. The molecule has 0 unspecified atom stereocenters. The van der Waals surface area contributed by atoms with Gasteiger partial charge in [0.1, 0.15) is 0 Å². The van der Waals surface area contributed by atoms with Gasteiger partial charge in [-0.3, -0.25) is 9.59 Å². The highest BCUT2D eigenvalue weighted by Crippen LogP contribution is 2.26. The van der Waals surface area contributed by atoms with Crippen LogP contribution in [-0.4, -0.2) is 23.0 Å². The van der Waals surface area contributed by atoms with Crippen molar-refractivity contribution >= 4 is 11.9 Å². The lowest BCUT2D eigenvalue weighted by molar-refractivity contribution is -0.137. The number of rotatable bonds is 6. The third kappa shape index (κ3) is 5.71. The van der Waals surface area contributed by atoms with Crippen LogP contribution in [0.5, 0.6) is 0 Å². The molecule has 4 nitrogen and oxygen atoms in total. The topological polar surface area (TPSA) is 66.4 Å². The Balaban J connectivity index is 2.18. The maximum atomic E-state index is 11.6. The second-order valence-corrected chi connectivity index (χ2v) is 5.00. The van der Waals surface area contributed by atoms with Crippen molar-refractivity contribution in [3.63, 3.8) is 0 Å². The van der Waals surface area contributed by atoms with E-state index in [-0.39, 0.29) is 18.4 Å². The van der Waals surface area contributed by atoms with E-state index < -0.39 is 5.97 Å². The van der Waals surface area contributed by atoms with Crippen LogP contribution in [0.1, 0.15) is 58.3 Å². The van der Waals surface area contributed by atoms with Crippen LogP contribution in [0.3, 0.4) is 0 Å². The first-order valence-corrected chi connectivity index (χ1v) is 6.60. The lowest BCUT2D eigenvalue weighted by Gasteiger charge is -2.28. The molecule has 0 aromatic carbocycles. The molecule has 0 heterocycles. The highest BCUT2D eigenvalue weighted by molar-refractivity contribution is 5.77. The number of hydrogen-bond donors (Lipinski definition) is 2. The van der Waals surface area contributed by atoms with Gasteiger partial charge in [-0.25, -0.2) is 0 Å². The molecule has 0 aromatic heterocycles. The summed E-state index contributed by atoms with van der Waals surface area (Å²) >= 11 is 0. The average Bonchev–Trinajstić information content (AvgIpc) is 2.29. The van der Waals surface area contributed by atoms with Gasteiger partial charge >= 0.3 is 5.97 Å². The lowest BCUT2D eigenvalue weighted by atomic mass is 9.84. The molecule has 2 N–H and O–H groups in total. The molecular weight excluding hydrogens is 218 g/mol. The van der Waals surface area contributed by atoms with E-state index in [0.717, 1.165) is 0 Å². The van der Waals surface area contributed by atoms with Gasteiger partial charge in [0, 0.05) is 18.9 Å². The first kappa shape index (κ1) is 14.0. The number of carboxylic acids is 1. The Labute approximate surface area is 103 Å². The van der Waals surface area contributed by atoms with Gasteiger partial charge in [-0.15, -0.1) is 0 Å². The summed E-state index contributed by atoms with van der Waals surface area (Å²) in [4.78, 5) is 21.9. The van der Waals surface area contributed by atoms with Crippen molar-refractivity contribution in [2.75, 3.05) is 0 Å². The van der Waals surface area contributed by atoms with E-state index in [1.54, 1.807) is 0 Å². The third-order valence-electron chi connectivity index (χ3n) is 3.54. The van der Waals surface area contributed by atoms with Crippen molar-refractivity contribution < 1.29 is 14.7 Å². The zero-order valence-corrected chi connectivity index (χ0v) is 10.6. The summed E-state index contributed by atoms with van der Waals surface area (Å²) in [7, 11) is 0. The van der Waals surface area contributed by atoms with Crippen LogP contribution in [0.25, 0.3) is 0 Å². The molecule has 1 fully saturated rings. The third-order valence-corrected chi connectivity index (χ3v) is 3.54. The van der Waals surface area contributed by atoms with E-state index in [2.05, 4.69) is 12.2 Å². The molecule has 0 bridgehead atoms. The molecule has 1 aliphatic carbocycles. The highest BCUT2D eigenvalue weighted by atomic mass is 16.4. The number of carbonyl (C=O) groups excluding carboxylic acids is 1. The summed E-state index contributed by atoms with van der Waals surface area (Å²) in [5, 5.41) is 11.5. The second kappa shape index (κ2) is 7.30. The van der Waals surface area contributed by atoms with Crippen molar-refractivity contribution in [2.24, 2.45) is 5.92 Å². The SMILES string of the molecule is C[C@H](NC(=O)CCCC(=O)O)C1CCCCC1. The largest absolute Gasteiger partial charge is 0.481 e. The fourth-order valence-corrected chi connectivity index (χ4v) is 2.48. The first-order valence-electron chi connectivity index (χ1n) is 6.60. The maximum absolute atomic E-state index is 11.6. The first-order chi connectivity index (χ1) is 8.09. The smallest absolute Gasteiger partial charge is 0.303 e. The molecule has 1 rings (SSSR count). The van der Waals surface area contributed by atoms with Gasteiger partial charge < -0.3 is 10.4 Å². The Morgan fingerprint density at radius 1 is 1.24 bits per heavy atom. The number of amides is 1. The van der Waals surface area contributed by atoms with Gasteiger partial charge in [0.05, 0.1) is 0 Å². The Bertz CT molecular complexity index is 259. The number of carbonyl (C=O) groups is 2. The Morgan fingerprint density at radius 2 is 1.88 bits per heavy atom. The maximum Gasteiger partial charge on any atom is 0.303 e. The Kier molecular flexibility index (Phi) is 6.01. The zero-order chi connectivity index (χ0) is 12.7. The second-order valence-electron chi connectivity index (χ2n) is 5.00. The van der Waals surface area contributed by atoms with Crippen LogP contribution in [0.15, 0.2) is 0 Å². The van der Waals surface area contributed by atoms with E-state index in [4.69, 9.17) is 5.11 Å². The molecule has 1 amide bonds. The van der Waals surface area contributed by atoms with Crippen LogP contribution >= 0.6 is 0 Å². The van der Waals surface area contributed by atoms with Crippen molar-refractivity contribution in [3.05, 3.63) is 0 Å². The Morgan fingerprint density at radius 3 is 2.47 bits per heavy atom. The summed E-state index contributed by atoms with van der Waals surface area (Å²) in [6.07, 6.45) is 7.09. The van der Waals surface area contributed by atoms with Crippen molar-refractivity contribution in [1.29, 1.82) is 0 Å². The molecule has 0 spiro atoms. The van der Waals surface area contributed by atoms with Crippen LogP contribution in [0.4, 0.5) is 0 Å². The minimum atomic E-state index is -0.835. The predicted octanol–water partition coefficient (Wildman–Crippen LogP) is 2.33. The van der Waals surface area contributed by atoms with Crippen molar-refractivity contribution in [2.45, 2.75) is 64.3 Å². The monoisotopic (exact) mass is 241 g/mol. The van der Waals surface area contributed by atoms with Crippen molar-refractivity contribution in [1.82, 2.24) is 5.32 Å². The van der Waals surface area contributed by atoms with E-state index in [1.165, 1.54) is 32.1 Å². The molecule has 0 aliphatic heterocycles. The summed E-state index contributed by atoms with van der Waals surface area (Å²) in [6, 6.07) is 0.229. The van der Waals surface area contributed by atoms with Crippen molar-refractivity contribution in [3.8, 4) is 0 Å². The number of hydrogen-bond acceptors (Lipinski definition) is 2. The Hall–Kier alpha value is -1.06. The number of nitrogens with one attached hydrogen (secondary N) is 1. The van der Waals surface area contributed by atoms with E-state index >= 15 is 0 Å². The van der Waals surface area contributed by atoms with Gasteiger partial charge in [-0.2, -0.15) is 0 Å². The van der Waals surface area contributed by atoms with Gasteiger partial charge in [0.25, 0.3) is 0 Å². The molecule has 4 heteroatoms. The zero-order valence-electron chi connectivity index (χ0n) is 10.6. The van der Waals surface area contributed by atoms with Gasteiger partial charge in [0.2, 0.25) is 5.91 Å². The quantitative estimate of drug-likeness (QED) is 0.750. The van der Waals surface area contributed by atoms with Crippen LogP contribution in [0.2, 0.25) is 0 Å². The van der Waals surface area contributed by atoms with E-state index in [1.807, 2.05) is 0 Å². The molecule has 0 saturated heterocycles. The van der Waals surface area contributed by atoms with Gasteiger partial charge in [-0.05, 0) is 32.1 Å². The molecule has 17 heavy (non-hydrogen) atoms. The number of carboxylic acid groups (broad SMARTS) is 1. The minimum absolute atomic E-state index is 0.00989. The molecule has 0 aromatic rings. The standard InChI is InChI=1S/C13H23NO3/c1-10(11-6-3-2-4-7-11)14-12(15)8-5-9-13(16)17/h10-11H,2-9H2,1H3,(H,14,15)(H,16,17)/t10-/m0/s1. The van der Waals surface area contributed by atoms with Crippen LogP contribution < -0.4 is 5.32 Å².